The van der Waals surface area contributed by atoms with E-state index in [0.29, 0.717) is 37.5 Å². The largest absolute Gasteiger partial charge is 0.388 e. The Bertz CT molecular complexity index is 518. The molecule has 5 heteroatoms. The van der Waals surface area contributed by atoms with Gasteiger partial charge < -0.3 is 20.5 Å². The Morgan fingerprint density at radius 2 is 2.04 bits per heavy atom. The van der Waals surface area contributed by atoms with Gasteiger partial charge in [0.2, 0.25) is 0 Å². The number of aliphatic hydroxyl groups is 1. The van der Waals surface area contributed by atoms with Gasteiger partial charge in [-0.2, -0.15) is 0 Å². The number of amides is 1. The van der Waals surface area contributed by atoms with Gasteiger partial charge >= 0.3 is 0 Å². The van der Waals surface area contributed by atoms with Crippen LogP contribution in [0.1, 0.15) is 35.2 Å². The molecule has 2 fully saturated rings. The molecule has 0 bridgehead atoms. The van der Waals surface area contributed by atoms with Crippen LogP contribution in [0.25, 0.3) is 0 Å². The quantitative estimate of drug-likeness (QED) is 0.761. The number of rotatable bonds is 5. The third kappa shape index (κ3) is 4.53. The predicted molar refractivity (Wildman–Crippen MR) is 88.5 cm³/mol. The van der Waals surface area contributed by atoms with Crippen LogP contribution in [-0.4, -0.2) is 49.5 Å². The van der Waals surface area contributed by atoms with E-state index >= 15 is 0 Å². The molecule has 1 atom stereocenters. The number of hydrogen-bond acceptors (Lipinski definition) is 4. The highest BCUT2D eigenvalue weighted by Gasteiger charge is 2.30. The lowest BCUT2D eigenvalue weighted by atomic mass is 9.94. The Labute approximate surface area is 137 Å². The summed E-state index contributed by atoms with van der Waals surface area (Å²) in [6.07, 6.45) is 3.43. The average molecular weight is 318 g/mol. The normalized spacial score (nSPS) is 23.6. The number of carbonyl (C=O) groups excluding carboxylic acids is 1. The summed E-state index contributed by atoms with van der Waals surface area (Å²) in [7, 11) is 0. The van der Waals surface area contributed by atoms with Crippen molar-refractivity contribution in [3.63, 3.8) is 0 Å². The second kappa shape index (κ2) is 7.43. The van der Waals surface area contributed by atoms with Gasteiger partial charge in [0.05, 0.1) is 5.60 Å². The molecule has 1 aromatic carbocycles. The molecule has 3 rings (SSSR count). The average Bonchev–Trinajstić information content (AvgIpc) is 3.07. The lowest BCUT2D eigenvalue weighted by Crippen LogP contribution is -2.46. The fourth-order valence-corrected chi connectivity index (χ4v) is 3.29. The Hall–Kier alpha value is -1.43. The highest BCUT2D eigenvalue weighted by atomic mass is 16.5. The molecular formula is C18H26N2O3. The monoisotopic (exact) mass is 318 g/mol. The van der Waals surface area contributed by atoms with E-state index in [2.05, 4.69) is 10.6 Å². The van der Waals surface area contributed by atoms with Gasteiger partial charge in [-0.25, -0.2) is 0 Å². The molecule has 3 N–H and O–H groups in total. The fourth-order valence-electron chi connectivity index (χ4n) is 3.29. The molecule has 0 spiro atoms. The first-order chi connectivity index (χ1) is 11.1. The van der Waals surface area contributed by atoms with Crippen LogP contribution in [-0.2, 0) is 11.2 Å². The topological polar surface area (TPSA) is 70.6 Å². The van der Waals surface area contributed by atoms with Crippen molar-refractivity contribution < 1.29 is 14.6 Å². The number of benzene rings is 1. The third-order valence-electron chi connectivity index (χ3n) is 4.90. The number of ether oxygens (including phenoxy) is 1. The number of carbonyl (C=O) groups is 1. The molecule has 5 nitrogen and oxygen atoms in total. The van der Waals surface area contributed by atoms with Crippen LogP contribution >= 0.6 is 0 Å². The number of nitrogens with one attached hydrogen (secondary N) is 2. The minimum absolute atomic E-state index is 0.126. The third-order valence-corrected chi connectivity index (χ3v) is 4.90. The van der Waals surface area contributed by atoms with Gasteiger partial charge in [-0.15, -0.1) is 0 Å². The Kier molecular flexibility index (Phi) is 5.30. The molecule has 2 aliphatic rings. The SMILES string of the molecule is O=C(NCC1(O)CCOCC1)c1ccc(CC2CCNC2)cc1. The molecule has 0 radical (unpaired) electrons. The van der Waals surface area contributed by atoms with E-state index in [9.17, 15) is 9.90 Å². The van der Waals surface area contributed by atoms with Crippen LogP contribution < -0.4 is 10.6 Å². The van der Waals surface area contributed by atoms with Crippen molar-refractivity contribution in [2.24, 2.45) is 5.92 Å². The van der Waals surface area contributed by atoms with Gasteiger partial charge in [0.15, 0.2) is 0 Å². The zero-order chi connectivity index (χ0) is 16.1. The summed E-state index contributed by atoms with van der Waals surface area (Å²) in [4.78, 5) is 12.2. The molecule has 2 saturated heterocycles. The molecule has 0 aromatic heterocycles. The highest BCUT2D eigenvalue weighted by Crippen LogP contribution is 2.20. The molecule has 2 heterocycles. The maximum atomic E-state index is 12.2. The molecule has 126 valence electrons. The van der Waals surface area contributed by atoms with Crippen molar-refractivity contribution in [2.45, 2.75) is 31.3 Å². The molecule has 1 aromatic rings. The molecule has 2 aliphatic heterocycles. The van der Waals surface area contributed by atoms with Gasteiger partial charge in [0.25, 0.3) is 5.91 Å². The van der Waals surface area contributed by atoms with Crippen LogP contribution in [0.3, 0.4) is 0 Å². The maximum Gasteiger partial charge on any atom is 0.251 e. The number of hydrogen-bond donors (Lipinski definition) is 3. The lowest BCUT2D eigenvalue weighted by Gasteiger charge is -2.32. The molecular weight excluding hydrogens is 292 g/mol. The molecule has 0 aliphatic carbocycles. The minimum Gasteiger partial charge on any atom is -0.388 e. The Balaban J connectivity index is 1.50. The van der Waals surface area contributed by atoms with Gasteiger partial charge in [-0.05, 0) is 49.5 Å². The van der Waals surface area contributed by atoms with E-state index in [-0.39, 0.29) is 12.5 Å². The van der Waals surface area contributed by atoms with Gasteiger partial charge in [-0.1, -0.05) is 12.1 Å². The summed E-state index contributed by atoms with van der Waals surface area (Å²) in [6, 6.07) is 7.83. The zero-order valence-corrected chi connectivity index (χ0v) is 13.5. The van der Waals surface area contributed by atoms with Crippen LogP contribution in [0.2, 0.25) is 0 Å². The first kappa shape index (κ1) is 16.4. The van der Waals surface area contributed by atoms with Gasteiger partial charge in [0.1, 0.15) is 0 Å². The van der Waals surface area contributed by atoms with Crippen molar-refractivity contribution in [3.8, 4) is 0 Å². The van der Waals surface area contributed by atoms with E-state index in [1.807, 2.05) is 24.3 Å². The lowest BCUT2D eigenvalue weighted by molar-refractivity contribution is -0.0605. The second-order valence-corrected chi connectivity index (χ2v) is 6.78. The Morgan fingerprint density at radius 1 is 1.30 bits per heavy atom. The second-order valence-electron chi connectivity index (χ2n) is 6.78. The first-order valence-electron chi connectivity index (χ1n) is 8.53. The van der Waals surface area contributed by atoms with Crippen molar-refractivity contribution in [3.05, 3.63) is 35.4 Å². The summed E-state index contributed by atoms with van der Waals surface area (Å²) < 4.78 is 5.25. The summed E-state index contributed by atoms with van der Waals surface area (Å²) in [5.74, 6) is 0.580. The Morgan fingerprint density at radius 3 is 2.70 bits per heavy atom. The van der Waals surface area contributed by atoms with E-state index in [4.69, 9.17) is 4.74 Å². The van der Waals surface area contributed by atoms with E-state index in [1.165, 1.54) is 12.0 Å². The standard InChI is InChI=1S/C18H26N2O3/c21-17(20-13-18(22)6-9-23-10-7-18)16-3-1-14(2-4-16)11-15-5-8-19-12-15/h1-4,15,19,22H,5-13H2,(H,20,21). The van der Waals surface area contributed by atoms with E-state index in [0.717, 1.165) is 19.5 Å². The summed E-state index contributed by atoms with van der Waals surface area (Å²) in [5.41, 5.74) is 1.09. The fraction of sp³-hybridized carbons (Fsp3) is 0.611. The van der Waals surface area contributed by atoms with Crippen molar-refractivity contribution in [1.82, 2.24) is 10.6 Å². The summed E-state index contributed by atoms with van der Waals surface area (Å²) in [5, 5.41) is 16.6. The summed E-state index contributed by atoms with van der Waals surface area (Å²) >= 11 is 0. The van der Waals surface area contributed by atoms with Gasteiger partial charge in [0, 0.05) is 38.2 Å². The molecule has 23 heavy (non-hydrogen) atoms. The first-order valence-corrected chi connectivity index (χ1v) is 8.53. The van der Waals surface area contributed by atoms with Crippen LogP contribution in [0.5, 0.6) is 0 Å². The van der Waals surface area contributed by atoms with E-state index < -0.39 is 5.60 Å². The maximum absolute atomic E-state index is 12.2. The molecule has 1 unspecified atom stereocenters. The highest BCUT2D eigenvalue weighted by molar-refractivity contribution is 5.94. The van der Waals surface area contributed by atoms with Crippen LogP contribution in [0.4, 0.5) is 0 Å². The molecule has 1 amide bonds. The van der Waals surface area contributed by atoms with Crippen LogP contribution in [0, 0.1) is 5.92 Å². The van der Waals surface area contributed by atoms with Gasteiger partial charge in [-0.3, -0.25) is 4.79 Å². The smallest absolute Gasteiger partial charge is 0.251 e. The van der Waals surface area contributed by atoms with E-state index in [1.54, 1.807) is 0 Å². The van der Waals surface area contributed by atoms with Crippen molar-refractivity contribution in [1.29, 1.82) is 0 Å². The van der Waals surface area contributed by atoms with Crippen molar-refractivity contribution >= 4 is 5.91 Å². The molecule has 0 saturated carbocycles. The van der Waals surface area contributed by atoms with Crippen molar-refractivity contribution in [2.75, 3.05) is 32.8 Å². The summed E-state index contributed by atoms with van der Waals surface area (Å²) in [6.45, 7) is 3.59. The zero-order valence-electron chi connectivity index (χ0n) is 13.5. The minimum atomic E-state index is -0.830. The predicted octanol–water partition coefficient (Wildman–Crippen LogP) is 1.11. The van der Waals surface area contributed by atoms with Crippen LogP contribution in [0.15, 0.2) is 24.3 Å².